The summed E-state index contributed by atoms with van der Waals surface area (Å²) in [6.45, 7) is 7.49. The second kappa shape index (κ2) is 4.60. The second-order valence-corrected chi connectivity index (χ2v) is 4.79. The van der Waals surface area contributed by atoms with Crippen LogP contribution in [0.1, 0.15) is 19.8 Å². The van der Waals surface area contributed by atoms with Crippen molar-refractivity contribution in [3.05, 3.63) is 0 Å². The molecular weight excluding hydrogens is 176 g/mol. The van der Waals surface area contributed by atoms with Crippen molar-refractivity contribution < 1.29 is 4.74 Å². The summed E-state index contributed by atoms with van der Waals surface area (Å²) in [5.41, 5.74) is 5.82. The Hall–Kier alpha value is -0.120. The summed E-state index contributed by atoms with van der Waals surface area (Å²) < 4.78 is 5.41. The molecular formula is C11H22N2O. The van der Waals surface area contributed by atoms with Crippen LogP contribution in [0.15, 0.2) is 0 Å². The number of hydrogen-bond donors (Lipinski definition) is 1. The minimum atomic E-state index is 0.621. The molecule has 14 heavy (non-hydrogen) atoms. The summed E-state index contributed by atoms with van der Waals surface area (Å²) in [6, 6.07) is 0.621. The molecule has 0 aromatic heterocycles. The minimum Gasteiger partial charge on any atom is -0.381 e. The van der Waals surface area contributed by atoms with E-state index in [2.05, 4.69) is 11.8 Å². The highest BCUT2D eigenvalue weighted by atomic mass is 16.5. The Labute approximate surface area is 86.6 Å². The Morgan fingerprint density at radius 2 is 2.29 bits per heavy atom. The van der Waals surface area contributed by atoms with E-state index in [0.717, 1.165) is 31.6 Å². The van der Waals surface area contributed by atoms with Gasteiger partial charge in [-0.15, -0.1) is 0 Å². The lowest BCUT2D eigenvalue weighted by Crippen LogP contribution is -2.41. The highest BCUT2D eigenvalue weighted by Gasteiger charge is 2.31. The highest BCUT2D eigenvalue weighted by Crippen LogP contribution is 2.25. The molecule has 0 amide bonds. The third-order valence-electron chi connectivity index (χ3n) is 3.76. The molecule has 3 atom stereocenters. The zero-order valence-corrected chi connectivity index (χ0v) is 9.11. The Morgan fingerprint density at radius 3 is 2.93 bits per heavy atom. The molecule has 2 heterocycles. The van der Waals surface area contributed by atoms with Crippen molar-refractivity contribution in [1.82, 2.24) is 4.90 Å². The smallest absolute Gasteiger partial charge is 0.0507 e. The van der Waals surface area contributed by atoms with Gasteiger partial charge >= 0.3 is 0 Å². The van der Waals surface area contributed by atoms with Crippen LogP contribution in [0.5, 0.6) is 0 Å². The van der Waals surface area contributed by atoms with Gasteiger partial charge in [-0.3, -0.25) is 4.90 Å². The predicted octanol–water partition coefficient (Wildman–Crippen LogP) is 0.692. The number of rotatable bonds is 3. The maximum atomic E-state index is 5.82. The van der Waals surface area contributed by atoms with Crippen LogP contribution in [-0.4, -0.2) is 43.8 Å². The number of nitrogens with two attached hydrogens (primary N) is 1. The van der Waals surface area contributed by atoms with Gasteiger partial charge in [0.15, 0.2) is 0 Å². The van der Waals surface area contributed by atoms with Gasteiger partial charge in [-0.1, -0.05) is 6.92 Å². The van der Waals surface area contributed by atoms with E-state index in [4.69, 9.17) is 10.5 Å². The van der Waals surface area contributed by atoms with Gasteiger partial charge in [-0.2, -0.15) is 0 Å². The fourth-order valence-corrected chi connectivity index (χ4v) is 2.75. The van der Waals surface area contributed by atoms with E-state index in [-0.39, 0.29) is 0 Å². The number of hydrogen-bond acceptors (Lipinski definition) is 3. The van der Waals surface area contributed by atoms with Gasteiger partial charge in [0.1, 0.15) is 0 Å². The third-order valence-corrected chi connectivity index (χ3v) is 3.76. The largest absolute Gasteiger partial charge is 0.381 e. The minimum absolute atomic E-state index is 0.621. The molecule has 0 aliphatic carbocycles. The number of ether oxygens (including phenoxy) is 1. The Balaban J connectivity index is 1.84. The van der Waals surface area contributed by atoms with Crippen molar-refractivity contribution in [3.8, 4) is 0 Å². The lowest BCUT2D eigenvalue weighted by Gasteiger charge is -2.27. The zero-order chi connectivity index (χ0) is 9.97. The van der Waals surface area contributed by atoms with Crippen molar-refractivity contribution in [1.29, 1.82) is 0 Å². The zero-order valence-electron chi connectivity index (χ0n) is 9.11. The normalized spacial score (nSPS) is 39.4. The molecule has 0 bridgehead atoms. The van der Waals surface area contributed by atoms with Gasteiger partial charge in [0, 0.05) is 25.7 Å². The maximum Gasteiger partial charge on any atom is 0.0507 e. The van der Waals surface area contributed by atoms with E-state index in [0.29, 0.717) is 6.04 Å². The quantitative estimate of drug-likeness (QED) is 0.725. The molecule has 0 aromatic rings. The molecule has 0 spiro atoms. The molecule has 2 rings (SSSR count). The molecule has 3 heteroatoms. The maximum absolute atomic E-state index is 5.82. The average Bonchev–Trinajstić information content (AvgIpc) is 2.77. The molecule has 82 valence electrons. The van der Waals surface area contributed by atoms with Crippen LogP contribution in [-0.2, 0) is 4.74 Å². The summed E-state index contributed by atoms with van der Waals surface area (Å²) in [7, 11) is 0. The molecule has 3 unspecified atom stereocenters. The molecule has 2 aliphatic rings. The van der Waals surface area contributed by atoms with E-state index < -0.39 is 0 Å². The summed E-state index contributed by atoms with van der Waals surface area (Å²) in [5, 5.41) is 0. The summed E-state index contributed by atoms with van der Waals surface area (Å²) in [5.74, 6) is 1.54. The predicted molar refractivity (Wildman–Crippen MR) is 57.1 cm³/mol. The lowest BCUT2D eigenvalue weighted by molar-refractivity contribution is 0.159. The molecule has 2 N–H and O–H groups in total. The van der Waals surface area contributed by atoms with Crippen LogP contribution in [0, 0.1) is 11.8 Å². The number of nitrogens with zero attached hydrogens (tertiary/aromatic N) is 1. The van der Waals surface area contributed by atoms with Crippen LogP contribution in [0.2, 0.25) is 0 Å². The van der Waals surface area contributed by atoms with Gasteiger partial charge in [-0.05, 0) is 31.2 Å². The lowest BCUT2D eigenvalue weighted by atomic mass is 10.0. The van der Waals surface area contributed by atoms with Crippen LogP contribution in [0.3, 0.4) is 0 Å². The monoisotopic (exact) mass is 198 g/mol. The van der Waals surface area contributed by atoms with Gasteiger partial charge < -0.3 is 10.5 Å². The van der Waals surface area contributed by atoms with Gasteiger partial charge in [-0.25, -0.2) is 0 Å². The van der Waals surface area contributed by atoms with E-state index in [1.54, 1.807) is 0 Å². The Bertz CT molecular complexity index is 180. The first-order valence-electron chi connectivity index (χ1n) is 5.83. The SMILES string of the molecule is CC1CCN(CC2CCOC2)C1CN. The number of likely N-dealkylation sites (tertiary alicyclic amines) is 1. The topological polar surface area (TPSA) is 38.5 Å². The molecule has 3 nitrogen and oxygen atoms in total. The standard InChI is InChI=1S/C11H22N2O/c1-9-2-4-13(11(9)6-12)7-10-3-5-14-8-10/h9-11H,2-8,12H2,1H3. The Morgan fingerprint density at radius 1 is 1.43 bits per heavy atom. The van der Waals surface area contributed by atoms with Crippen LogP contribution in [0.25, 0.3) is 0 Å². The summed E-state index contributed by atoms with van der Waals surface area (Å²) in [6.07, 6.45) is 2.55. The first-order chi connectivity index (χ1) is 6.81. The van der Waals surface area contributed by atoms with Crippen molar-refractivity contribution in [2.45, 2.75) is 25.8 Å². The average molecular weight is 198 g/mol. The van der Waals surface area contributed by atoms with Gasteiger partial charge in [0.25, 0.3) is 0 Å². The van der Waals surface area contributed by atoms with E-state index in [9.17, 15) is 0 Å². The Kier molecular flexibility index (Phi) is 3.42. The fraction of sp³-hybridized carbons (Fsp3) is 1.00. The third kappa shape index (κ3) is 2.10. The van der Waals surface area contributed by atoms with E-state index in [1.807, 2.05) is 0 Å². The van der Waals surface area contributed by atoms with Crippen molar-refractivity contribution in [2.24, 2.45) is 17.6 Å². The highest BCUT2D eigenvalue weighted by molar-refractivity contribution is 4.86. The molecule has 2 aliphatic heterocycles. The van der Waals surface area contributed by atoms with E-state index in [1.165, 1.54) is 25.9 Å². The molecule has 0 radical (unpaired) electrons. The summed E-state index contributed by atoms with van der Waals surface area (Å²) in [4.78, 5) is 2.57. The first-order valence-corrected chi connectivity index (χ1v) is 5.83. The van der Waals surface area contributed by atoms with E-state index >= 15 is 0 Å². The molecule has 2 fully saturated rings. The van der Waals surface area contributed by atoms with Gasteiger partial charge in [0.05, 0.1) is 6.61 Å². The molecule has 0 saturated carbocycles. The van der Waals surface area contributed by atoms with Crippen molar-refractivity contribution in [3.63, 3.8) is 0 Å². The molecule has 0 aromatic carbocycles. The molecule has 2 saturated heterocycles. The van der Waals surface area contributed by atoms with Crippen LogP contribution in [0.4, 0.5) is 0 Å². The van der Waals surface area contributed by atoms with Crippen LogP contribution >= 0.6 is 0 Å². The van der Waals surface area contributed by atoms with Gasteiger partial charge in [0.2, 0.25) is 0 Å². The first kappa shape index (κ1) is 10.4. The van der Waals surface area contributed by atoms with Crippen molar-refractivity contribution >= 4 is 0 Å². The fourth-order valence-electron chi connectivity index (χ4n) is 2.75. The van der Waals surface area contributed by atoms with Crippen molar-refractivity contribution in [2.75, 3.05) is 32.8 Å². The van der Waals surface area contributed by atoms with Crippen LogP contribution < -0.4 is 5.73 Å². The second-order valence-electron chi connectivity index (χ2n) is 4.79. The summed E-state index contributed by atoms with van der Waals surface area (Å²) >= 11 is 0.